The number of aromatic nitrogens is 3. The van der Waals surface area contributed by atoms with Crippen LogP contribution in [-0.4, -0.2) is 69.9 Å². The van der Waals surface area contributed by atoms with E-state index in [1.54, 1.807) is 13.3 Å². The van der Waals surface area contributed by atoms with Crippen LogP contribution in [0.5, 0.6) is 11.5 Å². The largest absolute Gasteiger partial charge is 0.497 e. The molecule has 1 aliphatic heterocycles. The maximum Gasteiger partial charge on any atom is 0.422 e. The van der Waals surface area contributed by atoms with Crippen LogP contribution in [0.1, 0.15) is 88.9 Å². The van der Waals surface area contributed by atoms with E-state index in [4.69, 9.17) is 14.2 Å². The molecule has 11 heteroatoms. The van der Waals surface area contributed by atoms with Gasteiger partial charge < -0.3 is 24.5 Å². The van der Waals surface area contributed by atoms with E-state index < -0.39 is 11.7 Å². The predicted molar refractivity (Wildman–Crippen MR) is 171 cm³/mol. The molecule has 1 unspecified atom stereocenters. The monoisotopic (exact) mass is 618 g/mol. The van der Waals surface area contributed by atoms with Crippen molar-refractivity contribution in [2.45, 2.75) is 96.2 Å². The Morgan fingerprint density at radius 1 is 1.04 bits per heavy atom. The van der Waals surface area contributed by atoms with Crippen LogP contribution < -0.4 is 20.2 Å². The van der Waals surface area contributed by atoms with E-state index in [1.807, 2.05) is 39.0 Å². The zero-order valence-electron chi connectivity index (χ0n) is 26.9. The summed E-state index contributed by atoms with van der Waals surface area (Å²) in [4.78, 5) is 38.4. The van der Waals surface area contributed by atoms with Crippen molar-refractivity contribution in [1.29, 1.82) is 0 Å². The molecule has 3 aliphatic rings. The quantitative estimate of drug-likeness (QED) is 0.266. The molecule has 0 bridgehead atoms. The fourth-order valence-electron chi connectivity index (χ4n) is 6.67. The van der Waals surface area contributed by atoms with E-state index in [9.17, 15) is 9.59 Å². The Balaban J connectivity index is 1.10. The molecular weight excluding hydrogens is 572 g/mol. The van der Waals surface area contributed by atoms with Crippen molar-refractivity contribution >= 4 is 23.0 Å². The van der Waals surface area contributed by atoms with Gasteiger partial charge in [0.05, 0.1) is 24.8 Å². The van der Waals surface area contributed by atoms with Gasteiger partial charge in [-0.15, -0.1) is 0 Å². The molecule has 2 amide bonds. The Bertz CT molecular complexity index is 1500. The number of fused-ring (bicyclic) bond motifs is 1. The van der Waals surface area contributed by atoms with Crippen molar-refractivity contribution in [3.05, 3.63) is 36.3 Å². The molecule has 2 saturated carbocycles. The van der Waals surface area contributed by atoms with Gasteiger partial charge in [0.2, 0.25) is 0 Å². The molecule has 0 spiro atoms. The number of H-pyrrole nitrogens is 1. The summed E-state index contributed by atoms with van der Waals surface area (Å²) < 4.78 is 17.1. The highest BCUT2D eigenvalue weighted by Gasteiger charge is 2.35. The van der Waals surface area contributed by atoms with Gasteiger partial charge in [-0.1, -0.05) is 6.42 Å². The Morgan fingerprint density at radius 2 is 1.84 bits per heavy atom. The molecule has 1 atom stereocenters. The van der Waals surface area contributed by atoms with Crippen molar-refractivity contribution in [2.75, 3.05) is 20.3 Å². The Labute approximate surface area is 264 Å². The van der Waals surface area contributed by atoms with Gasteiger partial charge in [-0.05, 0) is 96.1 Å². The molecule has 0 radical (unpaired) electrons. The molecule has 6 rings (SSSR count). The summed E-state index contributed by atoms with van der Waals surface area (Å²) in [6, 6.07) is 6.08. The number of nitrogens with one attached hydrogen (secondary N) is 3. The van der Waals surface area contributed by atoms with Crippen molar-refractivity contribution in [2.24, 2.45) is 11.8 Å². The molecule has 242 valence electrons. The van der Waals surface area contributed by atoms with E-state index in [2.05, 4.69) is 30.7 Å². The van der Waals surface area contributed by atoms with Crippen LogP contribution in [0.2, 0.25) is 0 Å². The number of hydrogen-bond acceptors (Lipinski definition) is 8. The molecule has 2 aliphatic carbocycles. The molecule has 1 saturated heterocycles. The Kier molecular flexibility index (Phi) is 9.16. The lowest BCUT2D eigenvalue weighted by molar-refractivity contribution is -0.000157. The highest BCUT2D eigenvalue weighted by molar-refractivity contribution is 6.08. The number of hydrazine groups is 1. The van der Waals surface area contributed by atoms with E-state index in [-0.39, 0.29) is 18.0 Å². The number of methoxy groups -OCH3 is 1. The first-order valence-corrected chi connectivity index (χ1v) is 16.4. The first kappa shape index (κ1) is 31.1. The summed E-state index contributed by atoms with van der Waals surface area (Å²) in [5, 5.41) is 5.36. The predicted octanol–water partition coefficient (Wildman–Crippen LogP) is 6.01. The zero-order valence-corrected chi connectivity index (χ0v) is 26.9. The van der Waals surface area contributed by atoms with Crippen molar-refractivity contribution in [3.63, 3.8) is 0 Å². The minimum absolute atomic E-state index is 0.0832. The molecule has 1 aromatic carbocycles. The van der Waals surface area contributed by atoms with E-state index >= 15 is 0 Å². The SMILES string of the molecule is COc1ccc(-c2ncnc3c(C(=O)NC4CCC(C5CCCCN5NC(=O)OC(C)(C)C)CC4)c[nH]c23)c(OCC2CC2)c1. The van der Waals surface area contributed by atoms with Gasteiger partial charge in [-0.2, -0.15) is 0 Å². The second kappa shape index (κ2) is 13.2. The third-order valence-electron chi connectivity index (χ3n) is 9.16. The second-order valence-electron chi connectivity index (χ2n) is 13.7. The Hall–Kier alpha value is -3.86. The standard InChI is InChI=1S/C34H46N6O5/c1-34(2,3)45-33(42)39-40-16-6-5-7-27(40)22-10-12-23(13-11-22)38-32(41)26-18-35-31-29(36-20-37-30(26)31)25-15-14-24(43-4)17-28(25)44-19-21-8-9-21/h14-15,17-18,20-23,27,35H,5-13,16,19H2,1-4H3,(H,38,41)(H,39,42). The van der Waals surface area contributed by atoms with Gasteiger partial charge in [-0.25, -0.2) is 19.8 Å². The molecule has 3 N–H and O–H groups in total. The minimum atomic E-state index is -0.535. The van der Waals surface area contributed by atoms with Gasteiger partial charge in [0.25, 0.3) is 5.91 Å². The third-order valence-corrected chi connectivity index (χ3v) is 9.16. The maximum absolute atomic E-state index is 13.5. The molecule has 3 heterocycles. The normalized spacial score (nSPS) is 22.5. The molecular formula is C34H46N6O5. The van der Waals surface area contributed by atoms with Crippen molar-refractivity contribution in [3.8, 4) is 22.8 Å². The number of rotatable bonds is 9. The summed E-state index contributed by atoms with van der Waals surface area (Å²) in [6.07, 6.45) is 12.2. The maximum atomic E-state index is 13.5. The van der Waals surface area contributed by atoms with Gasteiger partial charge in [0.15, 0.2) is 0 Å². The van der Waals surface area contributed by atoms with Gasteiger partial charge in [-0.3, -0.25) is 10.2 Å². The average molecular weight is 619 g/mol. The van der Waals surface area contributed by atoms with Crippen LogP contribution in [0.3, 0.4) is 0 Å². The topological polar surface area (TPSA) is 131 Å². The van der Waals surface area contributed by atoms with E-state index in [0.717, 1.165) is 57.1 Å². The van der Waals surface area contributed by atoms with Gasteiger partial charge >= 0.3 is 6.09 Å². The summed E-state index contributed by atoms with van der Waals surface area (Å²) in [5.74, 6) is 2.33. The third kappa shape index (κ3) is 7.52. The van der Waals surface area contributed by atoms with Crippen molar-refractivity contribution < 1.29 is 23.8 Å². The number of nitrogens with zero attached hydrogens (tertiary/aromatic N) is 3. The smallest absolute Gasteiger partial charge is 0.422 e. The number of aromatic amines is 1. The highest BCUT2D eigenvalue weighted by atomic mass is 16.6. The van der Waals surface area contributed by atoms with E-state index in [0.29, 0.717) is 52.2 Å². The lowest BCUT2D eigenvalue weighted by Gasteiger charge is -2.42. The van der Waals surface area contributed by atoms with Crippen LogP contribution in [0, 0.1) is 11.8 Å². The van der Waals surface area contributed by atoms with Crippen molar-refractivity contribution in [1.82, 2.24) is 30.7 Å². The fourth-order valence-corrected chi connectivity index (χ4v) is 6.67. The lowest BCUT2D eigenvalue weighted by atomic mass is 9.78. The van der Waals surface area contributed by atoms with Crippen LogP contribution in [0.25, 0.3) is 22.3 Å². The van der Waals surface area contributed by atoms with Crippen LogP contribution in [-0.2, 0) is 4.74 Å². The second-order valence-corrected chi connectivity index (χ2v) is 13.7. The molecule has 3 aromatic rings. The average Bonchev–Trinajstić information content (AvgIpc) is 3.75. The molecule has 2 aromatic heterocycles. The number of amides is 2. The summed E-state index contributed by atoms with van der Waals surface area (Å²) in [5.41, 5.74) is 5.78. The number of benzene rings is 1. The lowest BCUT2D eigenvalue weighted by Crippen LogP contribution is -2.55. The number of carbonyl (C=O) groups excluding carboxylic acids is 2. The van der Waals surface area contributed by atoms with Crippen LogP contribution in [0.15, 0.2) is 30.7 Å². The number of piperidine rings is 1. The highest BCUT2D eigenvalue weighted by Crippen LogP contribution is 2.38. The molecule has 11 nitrogen and oxygen atoms in total. The van der Waals surface area contributed by atoms with Gasteiger partial charge in [0, 0.05) is 36.5 Å². The van der Waals surface area contributed by atoms with Crippen LogP contribution in [0.4, 0.5) is 4.79 Å². The van der Waals surface area contributed by atoms with Crippen LogP contribution >= 0.6 is 0 Å². The minimum Gasteiger partial charge on any atom is -0.497 e. The summed E-state index contributed by atoms with van der Waals surface area (Å²) >= 11 is 0. The first-order chi connectivity index (χ1) is 21.7. The number of carbonyl (C=O) groups is 2. The Morgan fingerprint density at radius 3 is 2.58 bits per heavy atom. The molecule has 45 heavy (non-hydrogen) atoms. The zero-order chi connectivity index (χ0) is 31.6. The first-order valence-electron chi connectivity index (χ1n) is 16.4. The number of ether oxygens (including phenoxy) is 3. The molecule has 3 fully saturated rings. The number of hydrogen-bond donors (Lipinski definition) is 3. The summed E-state index contributed by atoms with van der Waals surface area (Å²) in [6.45, 7) is 7.12. The van der Waals surface area contributed by atoms with E-state index in [1.165, 1.54) is 19.2 Å². The summed E-state index contributed by atoms with van der Waals surface area (Å²) in [7, 11) is 1.64. The fraction of sp³-hybridized carbons (Fsp3) is 0.588. The van der Waals surface area contributed by atoms with Gasteiger partial charge in [0.1, 0.15) is 34.6 Å².